The highest BCUT2D eigenvalue weighted by atomic mass is 35.5. The minimum atomic E-state index is -0.811. The van der Waals surface area contributed by atoms with Crippen LogP contribution in [0.25, 0.3) is 10.9 Å². The van der Waals surface area contributed by atoms with Gasteiger partial charge in [0.15, 0.2) is 5.69 Å². The number of hydrogen-bond acceptors (Lipinski definition) is 3. The van der Waals surface area contributed by atoms with Gasteiger partial charge in [0.1, 0.15) is 11.6 Å². The number of aromatic hydroxyl groups is 1. The lowest BCUT2D eigenvalue weighted by Crippen LogP contribution is -1.80. The van der Waals surface area contributed by atoms with Gasteiger partial charge in [-0.1, -0.05) is 11.6 Å². The van der Waals surface area contributed by atoms with Crippen LogP contribution in [0.5, 0.6) is 5.88 Å². The van der Waals surface area contributed by atoms with Crippen molar-refractivity contribution >= 4 is 33.9 Å². The third-order valence-corrected chi connectivity index (χ3v) is 3.43. The Morgan fingerprint density at radius 1 is 1.14 bits per heavy atom. The molecule has 0 bridgehead atoms. The highest BCUT2D eigenvalue weighted by Gasteiger charge is 2.15. The minimum Gasteiger partial charge on any atom is -0.493 e. The normalized spacial score (nSPS) is 11.6. The molecule has 0 unspecified atom stereocenters. The van der Waals surface area contributed by atoms with Crippen LogP contribution in [-0.2, 0) is 0 Å². The molecule has 0 saturated carbocycles. The van der Waals surface area contributed by atoms with Crippen molar-refractivity contribution in [1.82, 2.24) is 4.98 Å². The van der Waals surface area contributed by atoms with Gasteiger partial charge < -0.3 is 10.1 Å². The summed E-state index contributed by atoms with van der Waals surface area (Å²) in [5.74, 6) is -1.95. The lowest BCUT2D eigenvalue weighted by molar-refractivity contribution is 0.459. The van der Waals surface area contributed by atoms with E-state index in [9.17, 15) is 13.9 Å². The second kappa shape index (κ2) is 5.38. The van der Waals surface area contributed by atoms with E-state index in [1.54, 1.807) is 25.1 Å². The fourth-order valence-corrected chi connectivity index (χ4v) is 2.36. The van der Waals surface area contributed by atoms with E-state index in [0.29, 0.717) is 10.7 Å². The predicted molar refractivity (Wildman–Crippen MR) is 80.2 cm³/mol. The fourth-order valence-electron chi connectivity index (χ4n) is 2.13. The second-order valence-corrected chi connectivity index (χ2v) is 5.20. The average Bonchev–Trinajstić information content (AvgIpc) is 2.75. The van der Waals surface area contributed by atoms with Gasteiger partial charge in [0.25, 0.3) is 0 Å². The molecule has 2 N–H and O–H groups in total. The number of rotatable bonds is 2. The summed E-state index contributed by atoms with van der Waals surface area (Å²) < 4.78 is 27.0. The van der Waals surface area contributed by atoms with Gasteiger partial charge in [0.2, 0.25) is 5.88 Å². The van der Waals surface area contributed by atoms with Crippen LogP contribution in [-0.4, -0.2) is 10.1 Å². The fraction of sp³-hybridized carbons (Fsp3) is 0.0667. The van der Waals surface area contributed by atoms with Crippen molar-refractivity contribution in [2.24, 2.45) is 10.2 Å². The van der Waals surface area contributed by atoms with Crippen molar-refractivity contribution < 1.29 is 13.9 Å². The zero-order chi connectivity index (χ0) is 15.9. The molecule has 1 heterocycles. The molecule has 3 aromatic rings. The monoisotopic (exact) mass is 321 g/mol. The number of H-pyrrole nitrogens is 1. The van der Waals surface area contributed by atoms with Crippen LogP contribution in [0.3, 0.4) is 0 Å². The summed E-state index contributed by atoms with van der Waals surface area (Å²) in [5, 5.41) is 18.4. The second-order valence-electron chi connectivity index (χ2n) is 4.76. The Balaban J connectivity index is 2.10. The summed E-state index contributed by atoms with van der Waals surface area (Å²) in [7, 11) is 0. The number of aromatic amines is 1. The SMILES string of the molecule is Cc1cc(Cl)ccc1N=Nc1c(O)[nH]c2c(F)cc(F)cc12. The number of fused-ring (bicyclic) bond motifs is 1. The largest absolute Gasteiger partial charge is 0.493 e. The predicted octanol–water partition coefficient (Wildman–Crippen LogP) is 5.53. The van der Waals surface area contributed by atoms with Crippen molar-refractivity contribution in [3.8, 4) is 5.88 Å². The summed E-state index contributed by atoms with van der Waals surface area (Å²) in [4.78, 5) is 2.42. The maximum absolute atomic E-state index is 13.6. The molecule has 0 fully saturated rings. The number of halogens is 3. The van der Waals surface area contributed by atoms with Gasteiger partial charge in [0, 0.05) is 16.5 Å². The molecule has 0 aliphatic heterocycles. The lowest BCUT2D eigenvalue weighted by atomic mass is 10.2. The molecule has 0 saturated heterocycles. The quantitative estimate of drug-likeness (QED) is 0.599. The molecule has 1 aromatic heterocycles. The van der Waals surface area contributed by atoms with E-state index in [4.69, 9.17) is 11.6 Å². The summed E-state index contributed by atoms with van der Waals surface area (Å²) in [6, 6.07) is 6.83. The molecule has 3 rings (SSSR count). The first-order valence-corrected chi connectivity index (χ1v) is 6.71. The van der Waals surface area contributed by atoms with E-state index >= 15 is 0 Å². The smallest absolute Gasteiger partial charge is 0.218 e. The van der Waals surface area contributed by atoms with Crippen molar-refractivity contribution in [1.29, 1.82) is 0 Å². The molecular formula is C15H10ClF2N3O. The van der Waals surface area contributed by atoms with E-state index in [1.165, 1.54) is 0 Å². The number of azo groups is 1. The Morgan fingerprint density at radius 2 is 1.91 bits per heavy atom. The van der Waals surface area contributed by atoms with Crippen molar-refractivity contribution in [2.45, 2.75) is 6.92 Å². The van der Waals surface area contributed by atoms with Crippen LogP contribution < -0.4 is 0 Å². The van der Waals surface area contributed by atoms with E-state index in [1.807, 2.05) is 0 Å². The molecule has 0 aliphatic carbocycles. The maximum atomic E-state index is 13.6. The summed E-state index contributed by atoms with van der Waals surface area (Å²) in [6.45, 7) is 1.80. The van der Waals surface area contributed by atoms with Crippen LogP contribution in [0.2, 0.25) is 5.02 Å². The molecule has 0 spiro atoms. The maximum Gasteiger partial charge on any atom is 0.218 e. The third kappa shape index (κ3) is 2.53. The van der Waals surface area contributed by atoms with E-state index in [-0.39, 0.29) is 22.5 Å². The average molecular weight is 322 g/mol. The van der Waals surface area contributed by atoms with E-state index in [2.05, 4.69) is 15.2 Å². The summed E-state index contributed by atoms with van der Waals surface area (Å²) in [6.07, 6.45) is 0. The number of benzene rings is 2. The Bertz CT molecular complexity index is 905. The number of nitrogens with one attached hydrogen (secondary N) is 1. The van der Waals surface area contributed by atoms with Gasteiger partial charge in [-0.05, 0) is 36.8 Å². The molecule has 0 radical (unpaired) electrons. The number of aryl methyl sites for hydroxylation is 1. The Kier molecular flexibility index (Phi) is 3.54. The van der Waals surface area contributed by atoms with Crippen molar-refractivity contribution in [3.63, 3.8) is 0 Å². The highest BCUT2D eigenvalue weighted by Crippen LogP contribution is 2.38. The molecule has 0 amide bonds. The van der Waals surface area contributed by atoms with Crippen molar-refractivity contribution in [2.75, 3.05) is 0 Å². The minimum absolute atomic E-state index is 0.0252. The number of hydrogen-bond donors (Lipinski definition) is 2. The Morgan fingerprint density at radius 3 is 2.64 bits per heavy atom. The van der Waals surface area contributed by atoms with Crippen molar-refractivity contribution in [3.05, 3.63) is 52.6 Å². The molecule has 112 valence electrons. The number of aromatic nitrogens is 1. The topological polar surface area (TPSA) is 60.7 Å². The van der Waals surface area contributed by atoms with Gasteiger partial charge in [0.05, 0.1) is 11.2 Å². The van der Waals surface area contributed by atoms with Gasteiger partial charge in [-0.25, -0.2) is 8.78 Å². The standard InChI is InChI=1S/C15H10ClF2N3O/c1-7-4-8(16)2-3-12(7)20-21-14-10-5-9(17)6-11(18)13(10)19-15(14)22/h2-6,19,22H,1H3. The first-order chi connectivity index (χ1) is 10.5. The summed E-state index contributed by atoms with van der Waals surface area (Å²) in [5.41, 5.74) is 1.27. The summed E-state index contributed by atoms with van der Waals surface area (Å²) >= 11 is 5.85. The lowest BCUT2D eigenvalue weighted by Gasteiger charge is -1.99. The molecular weight excluding hydrogens is 312 g/mol. The molecule has 22 heavy (non-hydrogen) atoms. The Hall–Kier alpha value is -2.47. The molecule has 4 nitrogen and oxygen atoms in total. The van der Waals surface area contributed by atoms with E-state index < -0.39 is 11.6 Å². The van der Waals surface area contributed by atoms with Crippen LogP contribution in [0.15, 0.2) is 40.6 Å². The molecule has 2 aromatic carbocycles. The highest BCUT2D eigenvalue weighted by molar-refractivity contribution is 6.30. The first-order valence-electron chi connectivity index (χ1n) is 6.33. The Labute approximate surface area is 129 Å². The van der Waals surface area contributed by atoms with Gasteiger partial charge in [-0.2, -0.15) is 5.11 Å². The van der Waals surface area contributed by atoms with Crippen LogP contribution >= 0.6 is 11.6 Å². The molecule has 0 aliphatic rings. The number of nitrogens with zero attached hydrogens (tertiary/aromatic N) is 2. The zero-order valence-corrected chi connectivity index (χ0v) is 12.1. The van der Waals surface area contributed by atoms with Gasteiger partial charge in [-0.3, -0.25) is 0 Å². The first kappa shape index (κ1) is 14.5. The van der Waals surface area contributed by atoms with Gasteiger partial charge >= 0.3 is 0 Å². The third-order valence-electron chi connectivity index (χ3n) is 3.19. The molecule has 7 heteroatoms. The molecule has 0 atom stereocenters. The van der Waals surface area contributed by atoms with Crippen LogP contribution in [0, 0.1) is 18.6 Å². The van der Waals surface area contributed by atoms with Crippen LogP contribution in [0.1, 0.15) is 5.56 Å². The van der Waals surface area contributed by atoms with Gasteiger partial charge in [-0.15, -0.1) is 5.11 Å². The van der Waals surface area contributed by atoms with E-state index in [0.717, 1.165) is 17.7 Å². The van der Waals surface area contributed by atoms with Crippen LogP contribution in [0.4, 0.5) is 20.2 Å². The zero-order valence-electron chi connectivity index (χ0n) is 11.4.